The molecule has 0 aliphatic heterocycles. The third-order valence-corrected chi connectivity index (χ3v) is 5.60. The van der Waals surface area contributed by atoms with Crippen molar-refractivity contribution in [2.45, 2.75) is 12.3 Å². The Labute approximate surface area is 196 Å². The highest BCUT2D eigenvalue weighted by Gasteiger charge is 2.31. The van der Waals surface area contributed by atoms with E-state index in [0.29, 0.717) is 0 Å². The van der Waals surface area contributed by atoms with Crippen LogP contribution in [0.3, 0.4) is 0 Å². The summed E-state index contributed by atoms with van der Waals surface area (Å²) in [5, 5.41) is 50.6. The summed E-state index contributed by atoms with van der Waals surface area (Å²) < 4.78 is 25.3. The van der Waals surface area contributed by atoms with Crippen molar-refractivity contribution in [3.8, 4) is 40.1 Å². The lowest BCUT2D eigenvalue weighted by Crippen LogP contribution is -2.13. The number of fused-ring (bicyclic) bond motifs is 1. The fourth-order valence-corrected chi connectivity index (χ4v) is 3.92. The van der Waals surface area contributed by atoms with Crippen molar-refractivity contribution in [2.75, 3.05) is 7.11 Å². The molecule has 1 atom stereocenters. The van der Waals surface area contributed by atoms with Gasteiger partial charge in [-0.1, -0.05) is 18.2 Å². The Balaban J connectivity index is 2.11. The first-order valence-corrected chi connectivity index (χ1v) is 10.2. The van der Waals surface area contributed by atoms with Gasteiger partial charge in [0, 0.05) is 23.1 Å². The van der Waals surface area contributed by atoms with Crippen molar-refractivity contribution < 1.29 is 43.9 Å². The summed E-state index contributed by atoms with van der Waals surface area (Å²) in [5.41, 5.74) is -1.78. The van der Waals surface area contributed by atoms with Gasteiger partial charge < -0.3 is 34.7 Å². The number of benzene rings is 3. The Morgan fingerprint density at radius 1 is 0.971 bits per heavy atom. The second kappa shape index (κ2) is 8.90. The summed E-state index contributed by atoms with van der Waals surface area (Å²) in [6.45, 7) is 0. The lowest BCUT2D eigenvalue weighted by Gasteiger charge is -2.21. The molecular formula is C25H19FO9. The summed E-state index contributed by atoms with van der Waals surface area (Å²) in [6.07, 6.45) is -0.467. The smallest absolute Gasteiger partial charge is 0.306 e. The van der Waals surface area contributed by atoms with Crippen LogP contribution in [0.4, 0.5) is 4.39 Å². The molecule has 0 saturated carbocycles. The highest BCUT2D eigenvalue weighted by molar-refractivity contribution is 5.92. The number of hydrogen-bond donors (Lipinski definition) is 5. The number of carbonyl (C=O) groups is 1. The zero-order valence-corrected chi connectivity index (χ0v) is 18.2. The first kappa shape index (κ1) is 23.4. The van der Waals surface area contributed by atoms with Crippen molar-refractivity contribution in [2.24, 2.45) is 0 Å². The van der Waals surface area contributed by atoms with Crippen LogP contribution in [0.15, 0.2) is 57.7 Å². The molecule has 4 aromatic rings. The Bertz CT molecular complexity index is 1520. The van der Waals surface area contributed by atoms with Gasteiger partial charge in [-0.2, -0.15) is 0 Å². The van der Waals surface area contributed by atoms with Crippen LogP contribution in [-0.2, 0) is 9.53 Å². The number of hydrogen-bond acceptors (Lipinski definition) is 9. The topological polar surface area (TPSA) is 158 Å². The van der Waals surface area contributed by atoms with Crippen LogP contribution in [-0.4, -0.2) is 38.6 Å². The number of esters is 1. The maximum absolute atomic E-state index is 14.8. The van der Waals surface area contributed by atoms with Gasteiger partial charge in [-0.15, -0.1) is 0 Å². The maximum atomic E-state index is 14.8. The highest BCUT2D eigenvalue weighted by Crippen LogP contribution is 2.45. The van der Waals surface area contributed by atoms with E-state index in [9.17, 15) is 39.5 Å². The van der Waals surface area contributed by atoms with Gasteiger partial charge >= 0.3 is 5.97 Å². The van der Waals surface area contributed by atoms with E-state index < -0.39 is 75.0 Å². The van der Waals surface area contributed by atoms with Crippen molar-refractivity contribution in [3.05, 3.63) is 75.7 Å². The summed E-state index contributed by atoms with van der Waals surface area (Å²) in [7, 11) is 1.13. The van der Waals surface area contributed by atoms with Gasteiger partial charge in [0.05, 0.1) is 13.5 Å². The number of phenolic OH excluding ortho intramolecular Hbond substituents is 4. The third-order valence-electron chi connectivity index (χ3n) is 5.60. The number of aromatic hydroxyl groups is 5. The molecule has 0 fully saturated rings. The Morgan fingerprint density at radius 3 is 2.34 bits per heavy atom. The molecule has 1 aromatic heterocycles. The zero-order chi connectivity index (χ0) is 25.4. The lowest BCUT2D eigenvalue weighted by atomic mass is 9.86. The van der Waals surface area contributed by atoms with E-state index in [4.69, 9.17) is 9.15 Å². The minimum atomic E-state index is -1.22. The van der Waals surface area contributed by atoms with Crippen molar-refractivity contribution in [1.29, 1.82) is 0 Å². The minimum absolute atomic E-state index is 0.0269. The average Bonchev–Trinajstić information content (AvgIpc) is 2.82. The Hall–Kier alpha value is -4.73. The molecule has 180 valence electrons. The van der Waals surface area contributed by atoms with E-state index in [-0.39, 0.29) is 16.7 Å². The van der Waals surface area contributed by atoms with E-state index in [1.54, 1.807) is 0 Å². The largest absolute Gasteiger partial charge is 0.507 e. The fraction of sp³-hybridized carbons (Fsp3) is 0.120. The third kappa shape index (κ3) is 4.05. The number of phenols is 4. The summed E-state index contributed by atoms with van der Waals surface area (Å²) in [5.74, 6) is -6.46. The minimum Gasteiger partial charge on any atom is -0.507 e. The summed E-state index contributed by atoms with van der Waals surface area (Å²) in [4.78, 5) is 25.2. The number of rotatable bonds is 5. The van der Waals surface area contributed by atoms with Gasteiger partial charge in [0.2, 0.25) is 11.2 Å². The second-order valence-corrected chi connectivity index (χ2v) is 7.70. The Kier molecular flexibility index (Phi) is 5.96. The molecule has 4 rings (SSSR count). The highest BCUT2D eigenvalue weighted by atomic mass is 19.1. The molecule has 0 aliphatic carbocycles. The second-order valence-electron chi connectivity index (χ2n) is 7.70. The molecule has 3 aromatic carbocycles. The number of methoxy groups -OCH3 is 1. The van der Waals surface area contributed by atoms with Crippen LogP contribution in [0.25, 0.3) is 22.3 Å². The summed E-state index contributed by atoms with van der Waals surface area (Å²) in [6, 6.07) is 9.63. The SMILES string of the molecule is COC(=O)C[C@@H](c1ccccc1F)c1c(O)cc(O)c2c(=O)c(O)c(-c3ccc(O)c(O)c3)oc12. The van der Waals surface area contributed by atoms with E-state index >= 15 is 0 Å². The number of halogens is 1. The number of carbonyl (C=O) groups excluding carboxylic acids is 1. The zero-order valence-electron chi connectivity index (χ0n) is 18.2. The molecule has 5 N–H and O–H groups in total. The normalized spacial score (nSPS) is 11.9. The lowest BCUT2D eigenvalue weighted by molar-refractivity contribution is -0.140. The van der Waals surface area contributed by atoms with Crippen LogP contribution < -0.4 is 5.43 Å². The van der Waals surface area contributed by atoms with Crippen LogP contribution >= 0.6 is 0 Å². The molecule has 35 heavy (non-hydrogen) atoms. The molecule has 1 heterocycles. The van der Waals surface area contributed by atoms with Crippen LogP contribution in [0.2, 0.25) is 0 Å². The molecule has 0 amide bonds. The van der Waals surface area contributed by atoms with Gasteiger partial charge in [-0.25, -0.2) is 4.39 Å². The van der Waals surface area contributed by atoms with Gasteiger partial charge in [0.1, 0.15) is 28.3 Å². The standard InChI is InChI=1S/C25H19FO9/c1-34-19(31)9-13(12-4-2-3-5-14(12)26)20-17(29)10-18(30)21-22(32)23(33)24(35-25(20)21)11-6-7-15(27)16(28)8-11/h2-8,10,13,27-30,33H,9H2,1H3/t13-/m0/s1. The van der Waals surface area contributed by atoms with Crippen LogP contribution in [0, 0.1) is 5.82 Å². The quantitative estimate of drug-likeness (QED) is 0.211. The van der Waals surface area contributed by atoms with E-state index in [1.165, 1.54) is 24.3 Å². The molecule has 0 spiro atoms. The van der Waals surface area contributed by atoms with Crippen LogP contribution in [0.1, 0.15) is 23.5 Å². The molecule has 0 unspecified atom stereocenters. The molecule has 0 bridgehead atoms. The summed E-state index contributed by atoms with van der Waals surface area (Å²) >= 11 is 0. The predicted molar refractivity (Wildman–Crippen MR) is 121 cm³/mol. The molecule has 10 heteroatoms. The van der Waals surface area contributed by atoms with Gasteiger partial charge in [0.25, 0.3) is 0 Å². The monoisotopic (exact) mass is 482 g/mol. The van der Waals surface area contributed by atoms with Gasteiger partial charge in [-0.3, -0.25) is 9.59 Å². The predicted octanol–water partition coefficient (Wildman–Crippen LogP) is 3.82. The molecule has 9 nitrogen and oxygen atoms in total. The Morgan fingerprint density at radius 2 is 1.69 bits per heavy atom. The number of ether oxygens (including phenoxy) is 1. The van der Waals surface area contributed by atoms with Gasteiger partial charge in [0.15, 0.2) is 17.3 Å². The van der Waals surface area contributed by atoms with Gasteiger partial charge in [-0.05, 0) is 29.8 Å². The van der Waals surface area contributed by atoms with Crippen molar-refractivity contribution in [1.82, 2.24) is 0 Å². The molecular weight excluding hydrogens is 463 g/mol. The van der Waals surface area contributed by atoms with Crippen LogP contribution in [0.5, 0.6) is 28.7 Å². The maximum Gasteiger partial charge on any atom is 0.306 e. The first-order chi connectivity index (χ1) is 16.6. The van der Waals surface area contributed by atoms with E-state index in [2.05, 4.69) is 0 Å². The molecule has 0 radical (unpaired) electrons. The molecule has 0 saturated heterocycles. The average molecular weight is 482 g/mol. The van der Waals surface area contributed by atoms with E-state index in [0.717, 1.165) is 31.4 Å². The first-order valence-electron chi connectivity index (χ1n) is 10.2. The molecule has 0 aliphatic rings. The fourth-order valence-electron chi connectivity index (χ4n) is 3.92. The van der Waals surface area contributed by atoms with Crippen molar-refractivity contribution in [3.63, 3.8) is 0 Å². The van der Waals surface area contributed by atoms with Crippen molar-refractivity contribution >= 4 is 16.9 Å². The van der Waals surface area contributed by atoms with E-state index in [1.807, 2.05) is 0 Å².